The van der Waals surface area contributed by atoms with Crippen LogP contribution in [0, 0.1) is 17.8 Å². The molecule has 1 spiro atoms. The van der Waals surface area contributed by atoms with E-state index in [1.165, 1.54) is 17.7 Å². The quantitative estimate of drug-likeness (QED) is 0.650. The minimum atomic E-state index is -0.350. The average Bonchev–Trinajstić information content (AvgIpc) is 3.17. The van der Waals surface area contributed by atoms with Crippen LogP contribution < -0.4 is 4.90 Å². The second kappa shape index (κ2) is 8.26. The van der Waals surface area contributed by atoms with Gasteiger partial charge in [-0.2, -0.15) is 0 Å². The van der Waals surface area contributed by atoms with Gasteiger partial charge in [0.2, 0.25) is 0 Å². The van der Waals surface area contributed by atoms with Crippen molar-refractivity contribution in [1.29, 1.82) is 0 Å². The molecule has 5 nitrogen and oxygen atoms in total. The topological polar surface area (TPSA) is 50.2 Å². The Bertz CT molecular complexity index is 829. The van der Waals surface area contributed by atoms with Crippen molar-refractivity contribution in [3.63, 3.8) is 0 Å². The number of piperidine rings is 2. The summed E-state index contributed by atoms with van der Waals surface area (Å²) in [7, 11) is 2.24. The lowest BCUT2D eigenvalue weighted by Gasteiger charge is -2.55. The van der Waals surface area contributed by atoms with Gasteiger partial charge in [0.1, 0.15) is 0 Å². The SMILES string of the molecule is CC[C@H](C)[C@@H]1C[C@H]2[C@@H]3N(C)c4ccccc4[C@]34C[C@@H](C1[C@H]4O)N2CC(O)CN(CC)CC. The predicted octanol–water partition coefficient (Wildman–Crippen LogP) is 2.95. The monoisotopic (exact) mass is 441 g/mol. The summed E-state index contributed by atoms with van der Waals surface area (Å²) >= 11 is 0. The first-order valence-electron chi connectivity index (χ1n) is 13.0. The van der Waals surface area contributed by atoms with E-state index in [0.29, 0.717) is 29.8 Å². The third kappa shape index (κ3) is 2.97. The normalized spacial score (nSPS) is 39.4. The van der Waals surface area contributed by atoms with E-state index in [1.54, 1.807) is 0 Å². The molecule has 4 aliphatic rings. The van der Waals surface area contributed by atoms with Gasteiger partial charge in [0, 0.05) is 49.2 Å². The van der Waals surface area contributed by atoms with Crippen LogP contribution in [0.2, 0.25) is 0 Å². The fourth-order valence-corrected chi connectivity index (χ4v) is 8.40. The van der Waals surface area contributed by atoms with Crippen molar-refractivity contribution in [3.05, 3.63) is 29.8 Å². The van der Waals surface area contributed by atoms with Crippen LogP contribution in [0.15, 0.2) is 24.3 Å². The molecule has 5 heteroatoms. The number of aliphatic hydroxyl groups is 2. The number of hydrogen-bond acceptors (Lipinski definition) is 5. The Hall–Kier alpha value is -1.14. The smallest absolute Gasteiger partial charge is 0.0794 e. The van der Waals surface area contributed by atoms with Gasteiger partial charge in [0.15, 0.2) is 0 Å². The lowest BCUT2D eigenvalue weighted by Crippen LogP contribution is -2.66. The van der Waals surface area contributed by atoms with E-state index in [-0.39, 0.29) is 23.7 Å². The second-order valence-corrected chi connectivity index (χ2v) is 11.1. The van der Waals surface area contributed by atoms with E-state index in [1.807, 2.05) is 0 Å². The molecule has 0 radical (unpaired) electrons. The lowest BCUT2D eigenvalue weighted by atomic mass is 9.67. The molecule has 9 atom stereocenters. The van der Waals surface area contributed by atoms with Crippen LogP contribution in [-0.2, 0) is 5.41 Å². The summed E-state index contributed by atoms with van der Waals surface area (Å²) in [6.07, 6.45) is 2.67. The molecule has 1 saturated carbocycles. The second-order valence-electron chi connectivity index (χ2n) is 11.1. The summed E-state index contributed by atoms with van der Waals surface area (Å²) in [6, 6.07) is 9.83. The third-order valence-electron chi connectivity index (χ3n) is 10.00. The van der Waals surface area contributed by atoms with Gasteiger partial charge in [-0.25, -0.2) is 0 Å². The van der Waals surface area contributed by atoms with E-state index in [2.05, 4.69) is 73.7 Å². The molecule has 5 rings (SSSR count). The van der Waals surface area contributed by atoms with Gasteiger partial charge in [-0.1, -0.05) is 52.3 Å². The summed E-state index contributed by atoms with van der Waals surface area (Å²) in [5.74, 6) is 1.48. The number of benzene rings is 1. The van der Waals surface area contributed by atoms with Gasteiger partial charge >= 0.3 is 0 Å². The molecule has 178 valence electrons. The van der Waals surface area contributed by atoms with Crippen molar-refractivity contribution >= 4 is 5.69 Å². The molecule has 1 aromatic carbocycles. The fourth-order valence-electron chi connectivity index (χ4n) is 8.40. The average molecular weight is 442 g/mol. The van der Waals surface area contributed by atoms with Gasteiger partial charge in [-0.05, 0) is 49.4 Å². The molecule has 2 saturated heterocycles. The number of fused-ring (bicyclic) bond motifs is 3. The van der Waals surface area contributed by atoms with Crippen LogP contribution in [0.1, 0.15) is 52.5 Å². The van der Waals surface area contributed by atoms with E-state index in [4.69, 9.17) is 0 Å². The summed E-state index contributed by atoms with van der Waals surface area (Å²) in [5.41, 5.74) is 2.51. The van der Waals surface area contributed by atoms with E-state index < -0.39 is 0 Å². The zero-order chi connectivity index (χ0) is 22.8. The molecule has 0 amide bonds. The van der Waals surface area contributed by atoms with Crippen LogP contribution in [0.4, 0.5) is 5.69 Å². The van der Waals surface area contributed by atoms with Crippen molar-refractivity contribution < 1.29 is 10.2 Å². The van der Waals surface area contributed by atoms with Crippen LogP contribution in [-0.4, -0.2) is 83.6 Å². The summed E-state index contributed by atoms with van der Waals surface area (Å²) in [4.78, 5) is 7.43. The summed E-state index contributed by atoms with van der Waals surface area (Å²) < 4.78 is 0. The molecule has 1 aliphatic carbocycles. The Balaban J connectivity index is 1.53. The number of likely N-dealkylation sites (N-methyl/N-ethyl adjacent to an activating group) is 2. The van der Waals surface area contributed by atoms with Crippen molar-refractivity contribution in [1.82, 2.24) is 9.80 Å². The standard InChI is InChI=1S/C27H43N3O2/c1-6-17(4)19-13-22-25-27(20-11-9-10-12-21(20)28(25)5)14-23(24(19)26(27)32)30(22)16-18(31)15-29(7-2)8-3/h9-12,17-19,22-26,31-32H,6-8,13-16H2,1-5H3/t17-,18?,19-,22-,23-,24?,25-,26+,27+/m0/s1. The number of aliphatic hydroxyl groups excluding tert-OH is 2. The molecular formula is C27H43N3O2. The van der Waals surface area contributed by atoms with Crippen LogP contribution in [0.5, 0.6) is 0 Å². The highest BCUT2D eigenvalue weighted by molar-refractivity contribution is 5.67. The highest BCUT2D eigenvalue weighted by Crippen LogP contribution is 2.66. The summed E-state index contributed by atoms with van der Waals surface area (Å²) in [5, 5.41) is 23.2. The highest BCUT2D eigenvalue weighted by Gasteiger charge is 2.72. The molecule has 3 aliphatic heterocycles. The van der Waals surface area contributed by atoms with Gasteiger partial charge in [-0.3, -0.25) is 4.90 Å². The number of hydrogen-bond donors (Lipinski definition) is 2. The largest absolute Gasteiger partial charge is 0.392 e. The number of anilines is 1. The first kappa shape index (κ1) is 22.6. The Labute approximate surface area is 194 Å². The third-order valence-corrected chi connectivity index (χ3v) is 10.00. The zero-order valence-electron chi connectivity index (χ0n) is 20.6. The van der Waals surface area contributed by atoms with Gasteiger partial charge < -0.3 is 20.0 Å². The Kier molecular flexibility index (Phi) is 5.85. The van der Waals surface area contributed by atoms with Crippen LogP contribution in [0.25, 0.3) is 0 Å². The van der Waals surface area contributed by atoms with E-state index in [0.717, 1.165) is 39.0 Å². The van der Waals surface area contributed by atoms with Gasteiger partial charge in [0.25, 0.3) is 0 Å². The molecule has 2 unspecified atom stereocenters. The fraction of sp³-hybridized carbons (Fsp3) is 0.778. The van der Waals surface area contributed by atoms with Gasteiger partial charge in [-0.15, -0.1) is 0 Å². The van der Waals surface area contributed by atoms with E-state index in [9.17, 15) is 10.2 Å². The molecule has 3 heterocycles. The number of para-hydroxylation sites is 1. The minimum Gasteiger partial charge on any atom is -0.392 e. The highest BCUT2D eigenvalue weighted by atomic mass is 16.3. The molecule has 3 fully saturated rings. The molecule has 0 aromatic heterocycles. The first-order chi connectivity index (χ1) is 15.4. The molecule has 32 heavy (non-hydrogen) atoms. The maximum absolute atomic E-state index is 12.1. The van der Waals surface area contributed by atoms with Crippen molar-refractivity contribution in [2.24, 2.45) is 17.8 Å². The first-order valence-corrected chi connectivity index (χ1v) is 13.0. The molecule has 3 bridgehead atoms. The maximum Gasteiger partial charge on any atom is 0.0794 e. The predicted molar refractivity (Wildman–Crippen MR) is 130 cm³/mol. The van der Waals surface area contributed by atoms with Crippen LogP contribution >= 0.6 is 0 Å². The maximum atomic E-state index is 12.1. The van der Waals surface area contributed by atoms with Crippen molar-refractivity contribution in [2.75, 3.05) is 38.1 Å². The van der Waals surface area contributed by atoms with Crippen molar-refractivity contribution in [2.45, 2.75) is 82.7 Å². The van der Waals surface area contributed by atoms with Crippen molar-refractivity contribution in [3.8, 4) is 0 Å². The minimum absolute atomic E-state index is 0.159. The lowest BCUT2D eigenvalue weighted by molar-refractivity contribution is -0.0570. The molecule has 2 N–H and O–H groups in total. The zero-order valence-corrected chi connectivity index (χ0v) is 20.6. The number of nitrogens with zero attached hydrogens (tertiary/aromatic N) is 3. The number of rotatable bonds is 8. The molecule has 1 aromatic rings. The Morgan fingerprint density at radius 1 is 1.16 bits per heavy atom. The Morgan fingerprint density at radius 2 is 1.88 bits per heavy atom. The molecular weight excluding hydrogens is 398 g/mol. The van der Waals surface area contributed by atoms with Gasteiger partial charge in [0.05, 0.1) is 18.2 Å². The van der Waals surface area contributed by atoms with E-state index >= 15 is 0 Å². The van der Waals surface area contributed by atoms with Crippen LogP contribution in [0.3, 0.4) is 0 Å². The summed E-state index contributed by atoms with van der Waals surface area (Å²) in [6.45, 7) is 12.4. The Morgan fingerprint density at radius 3 is 2.56 bits per heavy atom.